The molecule has 0 aliphatic rings. The highest BCUT2D eigenvalue weighted by molar-refractivity contribution is 5.94. The summed E-state index contributed by atoms with van der Waals surface area (Å²) in [7, 11) is 1.57. The van der Waals surface area contributed by atoms with Gasteiger partial charge in [-0.25, -0.2) is 0 Å². The molecule has 0 saturated heterocycles. The Morgan fingerprint density at radius 2 is 2.05 bits per heavy atom. The molecule has 0 bridgehead atoms. The molecule has 0 fully saturated rings. The second-order valence-electron chi connectivity index (χ2n) is 4.69. The van der Waals surface area contributed by atoms with Crippen LogP contribution in [-0.2, 0) is 0 Å². The number of carbonyl (C=O) groups excluding carboxylic acids is 1. The molecule has 5 heteroatoms. The van der Waals surface area contributed by atoms with Crippen molar-refractivity contribution in [2.75, 3.05) is 13.7 Å². The zero-order chi connectivity index (χ0) is 15.9. The van der Waals surface area contributed by atoms with Crippen molar-refractivity contribution < 1.29 is 14.6 Å². The highest BCUT2D eigenvalue weighted by atomic mass is 16.5. The van der Waals surface area contributed by atoms with Gasteiger partial charge in [0.15, 0.2) is 0 Å². The first-order chi connectivity index (χ1) is 10.6. The molecular formula is C17H16N2O3. The molecule has 0 saturated carbocycles. The number of rotatable bonds is 5. The summed E-state index contributed by atoms with van der Waals surface area (Å²) in [6, 6.07) is 15.4. The van der Waals surface area contributed by atoms with E-state index in [0.717, 1.165) is 0 Å². The van der Waals surface area contributed by atoms with Gasteiger partial charge in [0, 0.05) is 12.1 Å². The van der Waals surface area contributed by atoms with Crippen LogP contribution in [0.1, 0.15) is 27.6 Å². The van der Waals surface area contributed by atoms with Gasteiger partial charge in [-0.15, -0.1) is 0 Å². The van der Waals surface area contributed by atoms with Crippen LogP contribution >= 0.6 is 0 Å². The number of aliphatic hydroxyl groups excluding tert-OH is 1. The van der Waals surface area contributed by atoms with E-state index in [-0.39, 0.29) is 12.5 Å². The van der Waals surface area contributed by atoms with E-state index in [4.69, 9.17) is 10.00 Å². The number of ether oxygens (including phenoxy) is 1. The molecule has 22 heavy (non-hydrogen) atoms. The van der Waals surface area contributed by atoms with E-state index in [1.807, 2.05) is 6.07 Å². The van der Waals surface area contributed by atoms with Crippen molar-refractivity contribution in [2.24, 2.45) is 0 Å². The zero-order valence-electron chi connectivity index (χ0n) is 12.1. The van der Waals surface area contributed by atoms with Crippen LogP contribution in [0, 0.1) is 11.3 Å². The Kier molecular flexibility index (Phi) is 5.12. The number of amides is 1. The van der Waals surface area contributed by atoms with Crippen LogP contribution in [0.2, 0.25) is 0 Å². The first-order valence-electron chi connectivity index (χ1n) is 6.74. The molecule has 112 valence electrons. The summed E-state index contributed by atoms with van der Waals surface area (Å²) in [5, 5.41) is 21.5. The lowest BCUT2D eigenvalue weighted by molar-refractivity contribution is 0.0916. The van der Waals surface area contributed by atoms with Crippen molar-refractivity contribution >= 4 is 5.91 Å². The number of methoxy groups -OCH3 is 1. The number of benzene rings is 2. The van der Waals surface area contributed by atoms with Crippen molar-refractivity contribution in [3.63, 3.8) is 0 Å². The molecule has 2 aromatic rings. The number of nitrogens with zero attached hydrogens (tertiary/aromatic N) is 1. The SMILES string of the molecule is COc1ccc(C(O)CNC(=O)c2cccc(C#N)c2)cc1. The summed E-state index contributed by atoms with van der Waals surface area (Å²) in [6.07, 6.45) is -0.811. The van der Waals surface area contributed by atoms with E-state index in [9.17, 15) is 9.90 Å². The highest BCUT2D eigenvalue weighted by Crippen LogP contribution is 2.17. The van der Waals surface area contributed by atoms with Crippen LogP contribution in [0.5, 0.6) is 5.75 Å². The summed E-state index contributed by atoms with van der Waals surface area (Å²) in [4.78, 5) is 12.0. The van der Waals surface area contributed by atoms with Crippen LogP contribution in [0.3, 0.4) is 0 Å². The molecule has 2 rings (SSSR count). The molecule has 1 atom stereocenters. The summed E-state index contributed by atoms with van der Waals surface area (Å²) >= 11 is 0. The fourth-order valence-corrected chi connectivity index (χ4v) is 1.97. The molecule has 0 aromatic heterocycles. The first kappa shape index (κ1) is 15.5. The fraction of sp³-hybridized carbons (Fsp3) is 0.176. The van der Waals surface area contributed by atoms with Gasteiger partial charge in [0.2, 0.25) is 0 Å². The van der Waals surface area contributed by atoms with Gasteiger partial charge >= 0.3 is 0 Å². The Labute approximate surface area is 128 Å². The standard InChI is InChI=1S/C17H16N2O3/c1-22-15-7-5-13(6-8-15)16(20)11-19-17(21)14-4-2-3-12(9-14)10-18/h2-9,16,20H,11H2,1H3,(H,19,21). The maximum absolute atomic E-state index is 12.0. The van der Waals surface area contributed by atoms with Crippen LogP contribution < -0.4 is 10.1 Å². The number of hydrogen-bond acceptors (Lipinski definition) is 4. The molecule has 0 radical (unpaired) electrons. The number of aliphatic hydroxyl groups is 1. The van der Waals surface area contributed by atoms with Gasteiger partial charge < -0.3 is 15.2 Å². The lowest BCUT2D eigenvalue weighted by Gasteiger charge is -2.13. The third-order valence-electron chi connectivity index (χ3n) is 3.21. The van der Waals surface area contributed by atoms with Crippen molar-refractivity contribution in [3.05, 3.63) is 65.2 Å². The van der Waals surface area contributed by atoms with E-state index < -0.39 is 6.10 Å². The minimum atomic E-state index is -0.811. The van der Waals surface area contributed by atoms with Crippen molar-refractivity contribution in [1.82, 2.24) is 5.32 Å². The molecule has 0 aliphatic heterocycles. The fourth-order valence-electron chi connectivity index (χ4n) is 1.97. The topological polar surface area (TPSA) is 82.3 Å². The van der Waals surface area contributed by atoms with Crippen molar-refractivity contribution in [1.29, 1.82) is 5.26 Å². The van der Waals surface area contributed by atoms with Crippen molar-refractivity contribution in [3.8, 4) is 11.8 Å². The molecule has 1 unspecified atom stereocenters. The van der Waals surface area contributed by atoms with E-state index in [2.05, 4.69) is 5.32 Å². The number of nitrogens with one attached hydrogen (secondary N) is 1. The third-order valence-corrected chi connectivity index (χ3v) is 3.21. The Morgan fingerprint density at radius 3 is 2.68 bits per heavy atom. The average Bonchev–Trinajstić information content (AvgIpc) is 2.59. The predicted octanol–water partition coefficient (Wildman–Crippen LogP) is 2.03. The summed E-state index contributed by atoms with van der Waals surface area (Å²) in [6.45, 7) is 0.0853. The van der Waals surface area contributed by atoms with Gasteiger partial charge in [0.25, 0.3) is 5.91 Å². The second-order valence-corrected chi connectivity index (χ2v) is 4.69. The van der Waals surface area contributed by atoms with Crippen LogP contribution in [0.25, 0.3) is 0 Å². The molecule has 2 aromatic carbocycles. The average molecular weight is 296 g/mol. The number of carbonyl (C=O) groups is 1. The first-order valence-corrected chi connectivity index (χ1v) is 6.74. The van der Waals surface area contributed by atoms with Gasteiger partial charge in [-0.2, -0.15) is 5.26 Å². The maximum Gasteiger partial charge on any atom is 0.251 e. The monoisotopic (exact) mass is 296 g/mol. The predicted molar refractivity (Wildman–Crippen MR) is 81.4 cm³/mol. The molecule has 2 N–H and O–H groups in total. The summed E-state index contributed by atoms with van der Waals surface area (Å²) in [5.41, 5.74) is 1.50. The van der Waals surface area contributed by atoms with E-state index >= 15 is 0 Å². The number of hydrogen-bond donors (Lipinski definition) is 2. The molecule has 0 aliphatic carbocycles. The van der Waals surface area contributed by atoms with Gasteiger partial charge in [-0.3, -0.25) is 4.79 Å². The Bertz CT molecular complexity index is 690. The summed E-state index contributed by atoms with van der Waals surface area (Å²) < 4.78 is 5.05. The highest BCUT2D eigenvalue weighted by Gasteiger charge is 2.11. The minimum absolute atomic E-state index is 0.0853. The lowest BCUT2D eigenvalue weighted by atomic mass is 10.1. The van der Waals surface area contributed by atoms with Gasteiger partial charge in [0.05, 0.1) is 24.8 Å². The normalized spacial score (nSPS) is 11.3. The van der Waals surface area contributed by atoms with E-state index in [0.29, 0.717) is 22.4 Å². The molecule has 5 nitrogen and oxygen atoms in total. The second kappa shape index (κ2) is 7.25. The zero-order valence-corrected chi connectivity index (χ0v) is 12.1. The quantitative estimate of drug-likeness (QED) is 0.884. The largest absolute Gasteiger partial charge is 0.497 e. The van der Waals surface area contributed by atoms with Crippen molar-refractivity contribution in [2.45, 2.75) is 6.10 Å². The van der Waals surface area contributed by atoms with Gasteiger partial charge in [-0.05, 0) is 35.9 Å². The minimum Gasteiger partial charge on any atom is -0.497 e. The lowest BCUT2D eigenvalue weighted by Crippen LogP contribution is -2.28. The molecule has 0 spiro atoms. The molecule has 1 amide bonds. The smallest absolute Gasteiger partial charge is 0.251 e. The number of nitriles is 1. The Balaban J connectivity index is 1.96. The molecule has 0 heterocycles. The van der Waals surface area contributed by atoms with Crippen LogP contribution in [0.15, 0.2) is 48.5 Å². The summed E-state index contributed by atoms with van der Waals surface area (Å²) in [5.74, 6) is 0.373. The van der Waals surface area contributed by atoms with E-state index in [1.54, 1.807) is 49.6 Å². The Hall–Kier alpha value is -2.84. The van der Waals surface area contributed by atoms with Gasteiger partial charge in [0.1, 0.15) is 5.75 Å². The Morgan fingerprint density at radius 1 is 1.32 bits per heavy atom. The third kappa shape index (κ3) is 3.84. The van der Waals surface area contributed by atoms with Crippen LogP contribution in [-0.4, -0.2) is 24.7 Å². The van der Waals surface area contributed by atoms with E-state index in [1.165, 1.54) is 6.07 Å². The van der Waals surface area contributed by atoms with Gasteiger partial charge in [-0.1, -0.05) is 18.2 Å². The van der Waals surface area contributed by atoms with Crippen LogP contribution in [0.4, 0.5) is 0 Å². The molecular weight excluding hydrogens is 280 g/mol. The maximum atomic E-state index is 12.0.